The number of fused-ring (bicyclic) bond motifs is 1. The van der Waals surface area contributed by atoms with E-state index >= 15 is 0 Å². The highest BCUT2D eigenvalue weighted by Gasteiger charge is 2.27. The molecular formula is C13H15NO3. The third-order valence-electron chi connectivity index (χ3n) is 2.97. The number of methoxy groups -OCH3 is 1. The molecule has 4 heteroatoms. The minimum atomic E-state index is -0.386. The zero-order valence-corrected chi connectivity index (χ0v) is 9.95. The quantitative estimate of drug-likeness (QED) is 0.751. The standard InChI is InChI=1S/C13H15NO3/c1-8-3-4-11-9(5-8)6-10(13(16)17-2)7-12(15)14-11/h3-5,10H,6-7H2,1-2H3,(H,14,15). The van der Waals surface area contributed by atoms with Crippen molar-refractivity contribution >= 4 is 17.6 Å². The van der Waals surface area contributed by atoms with E-state index in [0.717, 1.165) is 16.8 Å². The summed E-state index contributed by atoms with van der Waals surface area (Å²) in [6.45, 7) is 1.99. The number of nitrogens with one attached hydrogen (secondary N) is 1. The molecule has 1 heterocycles. The van der Waals surface area contributed by atoms with E-state index in [2.05, 4.69) is 5.32 Å². The van der Waals surface area contributed by atoms with Crippen LogP contribution in [-0.2, 0) is 20.7 Å². The van der Waals surface area contributed by atoms with Gasteiger partial charge in [-0.25, -0.2) is 0 Å². The van der Waals surface area contributed by atoms with Crippen LogP contribution in [0.2, 0.25) is 0 Å². The molecule has 0 spiro atoms. The fourth-order valence-electron chi connectivity index (χ4n) is 2.11. The fraction of sp³-hybridized carbons (Fsp3) is 0.385. The Morgan fingerprint density at radius 1 is 1.41 bits per heavy atom. The van der Waals surface area contributed by atoms with Gasteiger partial charge in [0.25, 0.3) is 0 Å². The summed E-state index contributed by atoms with van der Waals surface area (Å²) >= 11 is 0. The maximum Gasteiger partial charge on any atom is 0.309 e. The van der Waals surface area contributed by atoms with Gasteiger partial charge in [0.15, 0.2) is 0 Å². The van der Waals surface area contributed by atoms with Crippen LogP contribution in [0.25, 0.3) is 0 Å². The van der Waals surface area contributed by atoms with Gasteiger partial charge in [0.05, 0.1) is 13.0 Å². The third-order valence-corrected chi connectivity index (χ3v) is 2.97. The summed E-state index contributed by atoms with van der Waals surface area (Å²) in [5.74, 6) is -0.847. The van der Waals surface area contributed by atoms with Crippen molar-refractivity contribution < 1.29 is 14.3 Å². The smallest absolute Gasteiger partial charge is 0.309 e. The number of benzene rings is 1. The molecule has 1 aliphatic heterocycles. The SMILES string of the molecule is COC(=O)C1CC(=O)Nc2ccc(C)cc2C1. The highest BCUT2D eigenvalue weighted by Crippen LogP contribution is 2.26. The van der Waals surface area contributed by atoms with Gasteiger partial charge in [-0.05, 0) is 25.0 Å². The topological polar surface area (TPSA) is 55.4 Å². The van der Waals surface area contributed by atoms with Gasteiger partial charge in [0.1, 0.15) is 0 Å². The number of anilines is 1. The molecule has 0 saturated heterocycles. The number of amides is 1. The van der Waals surface area contributed by atoms with Crippen LogP contribution < -0.4 is 5.32 Å². The molecule has 17 heavy (non-hydrogen) atoms. The molecule has 1 amide bonds. The Morgan fingerprint density at radius 2 is 2.18 bits per heavy atom. The molecule has 1 aromatic rings. The normalized spacial score (nSPS) is 18.9. The number of rotatable bonds is 1. The van der Waals surface area contributed by atoms with Gasteiger partial charge in [-0.1, -0.05) is 17.7 Å². The lowest BCUT2D eigenvalue weighted by Crippen LogP contribution is -2.22. The van der Waals surface area contributed by atoms with E-state index in [9.17, 15) is 9.59 Å². The second kappa shape index (κ2) is 4.57. The molecule has 1 N–H and O–H groups in total. The van der Waals surface area contributed by atoms with Gasteiger partial charge >= 0.3 is 5.97 Å². The first kappa shape index (κ1) is 11.6. The number of carbonyl (C=O) groups is 2. The van der Waals surface area contributed by atoms with Crippen LogP contribution in [0.4, 0.5) is 5.69 Å². The van der Waals surface area contributed by atoms with Gasteiger partial charge in [-0.2, -0.15) is 0 Å². The Labute approximate surface area is 100.0 Å². The molecule has 1 unspecified atom stereocenters. The predicted octanol–water partition coefficient (Wildman–Crippen LogP) is 1.67. The zero-order valence-electron chi connectivity index (χ0n) is 9.95. The molecule has 0 aromatic heterocycles. The molecule has 0 bridgehead atoms. The summed E-state index contributed by atoms with van der Waals surface area (Å²) in [4.78, 5) is 23.2. The summed E-state index contributed by atoms with van der Waals surface area (Å²) in [6, 6.07) is 5.82. The van der Waals surface area contributed by atoms with Crippen LogP contribution in [0.5, 0.6) is 0 Å². The minimum Gasteiger partial charge on any atom is -0.469 e. The molecular weight excluding hydrogens is 218 g/mol. The molecule has 4 nitrogen and oxygen atoms in total. The Kier molecular flexibility index (Phi) is 3.13. The first-order valence-corrected chi connectivity index (χ1v) is 5.57. The molecule has 1 aliphatic rings. The van der Waals surface area contributed by atoms with E-state index in [-0.39, 0.29) is 24.2 Å². The van der Waals surface area contributed by atoms with E-state index in [4.69, 9.17) is 4.74 Å². The molecule has 1 atom stereocenters. The lowest BCUT2D eigenvalue weighted by atomic mass is 9.96. The lowest BCUT2D eigenvalue weighted by Gasteiger charge is -2.10. The Morgan fingerprint density at radius 3 is 2.88 bits per heavy atom. The van der Waals surface area contributed by atoms with Gasteiger partial charge in [-0.15, -0.1) is 0 Å². The van der Waals surface area contributed by atoms with Crippen molar-refractivity contribution in [3.8, 4) is 0 Å². The highest BCUT2D eigenvalue weighted by atomic mass is 16.5. The zero-order chi connectivity index (χ0) is 12.4. The second-order valence-electron chi connectivity index (χ2n) is 4.34. The average Bonchev–Trinajstić information content (AvgIpc) is 2.46. The number of ether oxygens (including phenoxy) is 1. The highest BCUT2D eigenvalue weighted by molar-refractivity contribution is 5.95. The first-order valence-electron chi connectivity index (χ1n) is 5.57. The van der Waals surface area contributed by atoms with Crippen LogP contribution in [0, 0.1) is 12.8 Å². The number of hydrogen-bond acceptors (Lipinski definition) is 3. The van der Waals surface area contributed by atoms with Gasteiger partial charge in [-0.3, -0.25) is 9.59 Å². The van der Waals surface area contributed by atoms with Crippen molar-refractivity contribution in [2.75, 3.05) is 12.4 Å². The Bertz CT molecular complexity index is 468. The molecule has 0 radical (unpaired) electrons. The maximum absolute atomic E-state index is 11.6. The molecule has 2 rings (SSSR count). The molecule has 1 aromatic carbocycles. The summed E-state index contributed by atoms with van der Waals surface area (Å²) in [7, 11) is 1.35. The van der Waals surface area contributed by atoms with Crippen LogP contribution in [0.1, 0.15) is 17.5 Å². The van der Waals surface area contributed by atoms with Crippen molar-refractivity contribution in [1.29, 1.82) is 0 Å². The van der Waals surface area contributed by atoms with Gasteiger partial charge in [0.2, 0.25) is 5.91 Å². The monoisotopic (exact) mass is 233 g/mol. The number of esters is 1. The minimum absolute atomic E-state index is 0.136. The van der Waals surface area contributed by atoms with Crippen molar-refractivity contribution in [2.45, 2.75) is 19.8 Å². The van der Waals surface area contributed by atoms with Crippen molar-refractivity contribution in [2.24, 2.45) is 5.92 Å². The lowest BCUT2D eigenvalue weighted by molar-refractivity contribution is -0.146. The predicted molar refractivity (Wildman–Crippen MR) is 63.6 cm³/mol. The van der Waals surface area contributed by atoms with Crippen molar-refractivity contribution in [3.05, 3.63) is 29.3 Å². The van der Waals surface area contributed by atoms with Crippen LogP contribution in [-0.4, -0.2) is 19.0 Å². The molecule has 0 aliphatic carbocycles. The van der Waals surface area contributed by atoms with E-state index in [1.807, 2.05) is 25.1 Å². The Balaban J connectivity index is 2.35. The van der Waals surface area contributed by atoms with Gasteiger partial charge in [0, 0.05) is 12.1 Å². The average molecular weight is 233 g/mol. The van der Waals surface area contributed by atoms with E-state index in [0.29, 0.717) is 6.42 Å². The van der Waals surface area contributed by atoms with E-state index in [1.54, 1.807) is 0 Å². The van der Waals surface area contributed by atoms with Gasteiger partial charge < -0.3 is 10.1 Å². The van der Waals surface area contributed by atoms with Crippen molar-refractivity contribution in [3.63, 3.8) is 0 Å². The Hall–Kier alpha value is -1.84. The van der Waals surface area contributed by atoms with Crippen LogP contribution in [0.3, 0.4) is 0 Å². The van der Waals surface area contributed by atoms with E-state index < -0.39 is 0 Å². The number of aryl methyl sites for hydroxylation is 1. The fourth-order valence-corrected chi connectivity index (χ4v) is 2.11. The second-order valence-corrected chi connectivity index (χ2v) is 4.34. The molecule has 0 fully saturated rings. The van der Waals surface area contributed by atoms with Crippen molar-refractivity contribution in [1.82, 2.24) is 0 Å². The molecule has 90 valence electrons. The summed E-state index contributed by atoms with van der Waals surface area (Å²) in [5.41, 5.74) is 2.90. The number of hydrogen-bond donors (Lipinski definition) is 1. The number of carbonyl (C=O) groups excluding carboxylic acids is 2. The molecule has 0 saturated carbocycles. The summed E-state index contributed by atoms with van der Waals surface area (Å²) < 4.78 is 4.72. The third kappa shape index (κ3) is 2.46. The largest absolute Gasteiger partial charge is 0.469 e. The van der Waals surface area contributed by atoms with E-state index in [1.165, 1.54) is 7.11 Å². The summed E-state index contributed by atoms with van der Waals surface area (Å²) in [6.07, 6.45) is 0.725. The first-order chi connectivity index (χ1) is 8.10. The van der Waals surface area contributed by atoms with Crippen LogP contribution >= 0.6 is 0 Å². The summed E-state index contributed by atoms with van der Waals surface area (Å²) in [5, 5.41) is 2.81. The maximum atomic E-state index is 11.6. The van der Waals surface area contributed by atoms with Crippen LogP contribution in [0.15, 0.2) is 18.2 Å².